The maximum absolute atomic E-state index is 12.5. The van der Waals surface area contributed by atoms with Gasteiger partial charge in [0.2, 0.25) is 23.6 Å². The first-order chi connectivity index (χ1) is 12.9. The van der Waals surface area contributed by atoms with Gasteiger partial charge in [-0.3, -0.25) is 24.1 Å². The van der Waals surface area contributed by atoms with E-state index in [4.69, 9.17) is 0 Å². The highest BCUT2D eigenvalue weighted by atomic mass is 16.2. The van der Waals surface area contributed by atoms with Crippen molar-refractivity contribution < 1.29 is 19.2 Å². The van der Waals surface area contributed by atoms with Gasteiger partial charge in [0.05, 0.1) is 11.8 Å². The Morgan fingerprint density at radius 1 is 1.00 bits per heavy atom. The number of amides is 4. The van der Waals surface area contributed by atoms with E-state index in [0.717, 1.165) is 25.7 Å². The lowest BCUT2D eigenvalue weighted by atomic mass is 9.81. The first-order valence-electron chi connectivity index (χ1n) is 10.3. The molecule has 1 N–H and O–H groups in total. The van der Waals surface area contributed by atoms with E-state index in [9.17, 15) is 19.2 Å². The molecule has 2 atom stereocenters. The summed E-state index contributed by atoms with van der Waals surface area (Å²) in [5, 5.41) is 2.93. The largest absolute Gasteiger partial charge is 0.354 e. The summed E-state index contributed by atoms with van der Waals surface area (Å²) in [5.41, 5.74) is 0. The molecule has 0 aromatic carbocycles. The third-order valence-electron chi connectivity index (χ3n) is 6.13. The van der Waals surface area contributed by atoms with E-state index in [1.54, 1.807) is 4.90 Å². The van der Waals surface area contributed by atoms with Crippen LogP contribution < -0.4 is 5.32 Å². The molecule has 2 heterocycles. The van der Waals surface area contributed by atoms with Crippen molar-refractivity contribution in [3.8, 4) is 0 Å². The minimum Gasteiger partial charge on any atom is -0.354 e. The minimum absolute atomic E-state index is 0.0341. The van der Waals surface area contributed by atoms with Crippen molar-refractivity contribution in [3.63, 3.8) is 0 Å². The van der Waals surface area contributed by atoms with Gasteiger partial charge in [-0.05, 0) is 39.5 Å². The highest BCUT2D eigenvalue weighted by molar-refractivity contribution is 6.05. The lowest BCUT2D eigenvalue weighted by Crippen LogP contribution is -2.45. The van der Waals surface area contributed by atoms with Crippen LogP contribution in [0.2, 0.25) is 0 Å². The number of carbonyl (C=O) groups is 4. The fourth-order valence-corrected chi connectivity index (χ4v) is 4.61. The summed E-state index contributed by atoms with van der Waals surface area (Å²) < 4.78 is 0. The molecule has 1 aliphatic carbocycles. The molecule has 0 bridgehead atoms. The van der Waals surface area contributed by atoms with Crippen molar-refractivity contribution in [2.75, 3.05) is 19.6 Å². The van der Waals surface area contributed by atoms with Crippen LogP contribution in [0, 0.1) is 17.8 Å². The molecule has 7 heteroatoms. The van der Waals surface area contributed by atoms with E-state index in [2.05, 4.69) is 5.32 Å². The predicted octanol–water partition coefficient (Wildman–Crippen LogP) is 1.31. The molecular formula is C20H31N3O4. The van der Waals surface area contributed by atoms with Crippen LogP contribution in [0.15, 0.2) is 0 Å². The smallest absolute Gasteiger partial charge is 0.233 e. The fraction of sp³-hybridized carbons (Fsp3) is 0.800. The van der Waals surface area contributed by atoms with Gasteiger partial charge in [-0.15, -0.1) is 0 Å². The van der Waals surface area contributed by atoms with Gasteiger partial charge >= 0.3 is 0 Å². The van der Waals surface area contributed by atoms with E-state index >= 15 is 0 Å². The first kappa shape index (κ1) is 19.8. The van der Waals surface area contributed by atoms with Crippen molar-refractivity contribution in [2.24, 2.45) is 17.8 Å². The minimum atomic E-state index is -0.156. The molecule has 4 amide bonds. The van der Waals surface area contributed by atoms with Crippen molar-refractivity contribution in [1.29, 1.82) is 0 Å². The zero-order chi connectivity index (χ0) is 19.6. The van der Waals surface area contributed by atoms with E-state index in [-0.39, 0.29) is 60.4 Å². The Morgan fingerprint density at radius 2 is 1.56 bits per heavy atom. The normalized spacial score (nSPS) is 26.5. The number of piperidine rings is 1. The SMILES string of the molecule is CC(C)NC(=O)C1CCN(C(=O)CCN2C(=O)C3CCCCC3C2=O)CC1. The summed E-state index contributed by atoms with van der Waals surface area (Å²) in [6.45, 7) is 5.18. The molecule has 0 radical (unpaired) electrons. The standard InChI is InChI=1S/C20H31N3O4/c1-13(2)21-18(25)14-7-10-22(11-8-14)17(24)9-12-23-19(26)15-5-3-4-6-16(15)20(23)27/h13-16H,3-12H2,1-2H3,(H,21,25). The Balaban J connectivity index is 1.46. The highest BCUT2D eigenvalue weighted by Gasteiger charge is 2.47. The molecule has 2 saturated heterocycles. The van der Waals surface area contributed by atoms with E-state index in [1.807, 2.05) is 13.8 Å². The molecule has 3 aliphatic rings. The summed E-state index contributed by atoms with van der Waals surface area (Å²) in [7, 11) is 0. The van der Waals surface area contributed by atoms with Gasteiger partial charge in [-0.25, -0.2) is 0 Å². The number of hydrogen-bond donors (Lipinski definition) is 1. The van der Waals surface area contributed by atoms with E-state index in [1.165, 1.54) is 4.90 Å². The molecule has 150 valence electrons. The third kappa shape index (κ3) is 4.33. The maximum atomic E-state index is 12.5. The lowest BCUT2D eigenvalue weighted by molar-refractivity contribution is -0.141. The van der Waals surface area contributed by atoms with Crippen LogP contribution in [0.3, 0.4) is 0 Å². The highest BCUT2D eigenvalue weighted by Crippen LogP contribution is 2.38. The van der Waals surface area contributed by atoms with Crippen LogP contribution in [0.1, 0.15) is 58.8 Å². The molecule has 0 aromatic rings. The van der Waals surface area contributed by atoms with Gasteiger partial charge < -0.3 is 10.2 Å². The fourth-order valence-electron chi connectivity index (χ4n) is 4.61. The molecule has 3 rings (SSSR count). The van der Waals surface area contributed by atoms with Crippen LogP contribution >= 0.6 is 0 Å². The third-order valence-corrected chi connectivity index (χ3v) is 6.13. The van der Waals surface area contributed by atoms with Gasteiger partial charge in [-0.2, -0.15) is 0 Å². The number of rotatable bonds is 5. The van der Waals surface area contributed by atoms with Crippen molar-refractivity contribution in [3.05, 3.63) is 0 Å². The maximum Gasteiger partial charge on any atom is 0.233 e. The number of hydrogen-bond acceptors (Lipinski definition) is 4. The molecule has 2 aliphatic heterocycles. The second kappa shape index (κ2) is 8.40. The van der Waals surface area contributed by atoms with E-state index < -0.39 is 0 Å². The van der Waals surface area contributed by atoms with Crippen molar-refractivity contribution in [2.45, 2.75) is 64.8 Å². The Hall–Kier alpha value is -1.92. The zero-order valence-corrected chi connectivity index (χ0v) is 16.4. The summed E-state index contributed by atoms with van der Waals surface area (Å²) >= 11 is 0. The Bertz CT molecular complexity index is 586. The molecule has 0 aromatic heterocycles. The van der Waals surface area contributed by atoms with Crippen LogP contribution in [0.4, 0.5) is 0 Å². The Morgan fingerprint density at radius 3 is 2.07 bits per heavy atom. The summed E-state index contributed by atoms with van der Waals surface area (Å²) in [5.74, 6) is -0.487. The van der Waals surface area contributed by atoms with Gasteiger partial charge in [0.1, 0.15) is 0 Å². The van der Waals surface area contributed by atoms with Crippen LogP contribution in [-0.2, 0) is 19.2 Å². The summed E-state index contributed by atoms with van der Waals surface area (Å²) in [6, 6.07) is 0.122. The topological polar surface area (TPSA) is 86.8 Å². The van der Waals surface area contributed by atoms with Gasteiger partial charge in [0.25, 0.3) is 0 Å². The van der Waals surface area contributed by atoms with Crippen LogP contribution in [-0.4, -0.2) is 59.1 Å². The second-order valence-electron chi connectivity index (χ2n) is 8.39. The lowest BCUT2D eigenvalue weighted by Gasteiger charge is -2.32. The first-order valence-corrected chi connectivity index (χ1v) is 10.3. The number of fused-ring (bicyclic) bond motifs is 1. The summed E-state index contributed by atoms with van der Waals surface area (Å²) in [4.78, 5) is 52.6. The number of nitrogens with zero attached hydrogens (tertiary/aromatic N) is 2. The van der Waals surface area contributed by atoms with Crippen LogP contribution in [0.5, 0.6) is 0 Å². The molecule has 3 fully saturated rings. The van der Waals surface area contributed by atoms with Crippen molar-refractivity contribution >= 4 is 23.6 Å². The quantitative estimate of drug-likeness (QED) is 0.732. The monoisotopic (exact) mass is 377 g/mol. The predicted molar refractivity (Wildman–Crippen MR) is 99.4 cm³/mol. The average Bonchev–Trinajstić information content (AvgIpc) is 2.90. The number of nitrogens with one attached hydrogen (secondary N) is 1. The Labute approximate surface area is 160 Å². The van der Waals surface area contributed by atoms with E-state index in [0.29, 0.717) is 25.9 Å². The summed E-state index contributed by atoms with van der Waals surface area (Å²) in [6.07, 6.45) is 5.11. The molecule has 2 unspecified atom stereocenters. The van der Waals surface area contributed by atoms with Gasteiger partial charge in [0, 0.05) is 38.0 Å². The molecule has 27 heavy (non-hydrogen) atoms. The number of likely N-dealkylation sites (tertiary alicyclic amines) is 2. The average molecular weight is 377 g/mol. The molecule has 7 nitrogen and oxygen atoms in total. The Kier molecular flexibility index (Phi) is 6.17. The molecular weight excluding hydrogens is 346 g/mol. The molecule has 1 saturated carbocycles. The number of carbonyl (C=O) groups excluding carboxylic acids is 4. The van der Waals surface area contributed by atoms with Crippen molar-refractivity contribution in [1.82, 2.24) is 15.1 Å². The molecule has 0 spiro atoms. The second-order valence-corrected chi connectivity index (χ2v) is 8.39. The number of imide groups is 1. The zero-order valence-electron chi connectivity index (χ0n) is 16.4. The van der Waals surface area contributed by atoms with Gasteiger partial charge in [-0.1, -0.05) is 12.8 Å². The van der Waals surface area contributed by atoms with Crippen LogP contribution in [0.25, 0.3) is 0 Å². The van der Waals surface area contributed by atoms with Gasteiger partial charge in [0.15, 0.2) is 0 Å².